The molecule has 4 nitrogen and oxygen atoms in total. The minimum Gasteiger partial charge on any atom is -0.486 e. The van der Waals surface area contributed by atoms with Crippen molar-refractivity contribution in [2.24, 2.45) is 11.1 Å². The molecule has 0 unspecified atom stereocenters. The maximum Gasteiger partial charge on any atom is 0.161 e. The van der Waals surface area contributed by atoms with Gasteiger partial charge in [-0.05, 0) is 29.7 Å². The van der Waals surface area contributed by atoms with Gasteiger partial charge in [-0.2, -0.15) is 0 Å². The fraction of sp³-hybridized carbons (Fsp3) is 0.600. The fourth-order valence-corrected chi connectivity index (χ4v) is 2.79. The maximum atomic E-state index is 5.97. The van der Waals surface area contributed by atoms with Crippen LogP contribution in [0.25, 0.3) is 0 Å². The van der Waals surface area contributed by atoms with Crippen LogP contribution >= 0.6 is 0 Å². The zero-order valence-electron chi connectivity index (χ0n) is 11.6. The first-order valence-corrected chi connectivity index (χ1v) is 6.77. The normalized spacial score (nSPS) is 20.8. The van der Waals surface area contributed by atoms with E-state index < -0.39 is 0 Å². The summed E-state index contributed by atoms with van der Waals surface area (Å²) < 4.78 is 16.7. The van der Waals surface area contributed by atoms with Crippen molar-refractivity contribution in [1.29, 1.82) is 0 Å². The smallest absolute Gasteiger partial charge is 0.161 e. The average Bonchev–Trinajstić information content (AvgIpc) is 2.37. The lowest BCUT2D eigenvalue weighted by Crippen LogP contribution is -2.59. The summed E-state index contributed by atoms with van der Waals surface area (Å²) >= 11 is 0. The van der Waals surface area contributed by atoms with E-state index in [0.29, 0.717) is 19.8 Å². The van der Waals surface area contributed by atoms with Crippen molar-refractivity contribution >= 4 is 0 Å². The summed E-state index contributed by atoms with van der Waals surface area (Å²) in [5.41, 5.74) is 7.18. The van der Waals surface area contributed by atoms with Crippen LogP contribution in [0.4, 0.5) is 0 Å². The summed E-state index contributed by atoms with van der Waals surface area (Å²) in [6.07, 6.45) is 0. The van der Waals surface area contributed by atoms with Gasteiger partial charge in [0.2, 0.25) is 0 Å². The van der Waals surface area contributed by atoms with Crippen molar-refractivity contribution in [2.75, 3.05) is 33.0 Å². The van der Waals surface area contributed by atoms with Gasteiger partial charge in [-0.3, -0.25) is 0 Å². The number of ether oxygens (including phenoxy) is 3. The SMILES string of the molecule is CC(C)(CN)C1(c2ccc3c(c2)OCCO3)COC1. The van der Waals surface area contributed by atoms with Gasteiger partial charge in [-0.1, -0.05) is 19.9 Å². The molecule has 19 heavy (non-hydrogen) atoms. The number of hydrogen-bond acceptors (Lipinski definition) is 4. The Morgan fingerprint density at radius 1 is 1.16 bits per heavy atom. The Hall–Kier alpha value is -1.26. The van der Waals surface area contributed by atoms with Crippen molar-refractivity contribution in [3.05, 3.63) is 23.8 Å². The van der Waals surface area contributed by atoms with Gasteiger partial charge in [0.25, 0.3) is 0 Å². The van der Waals surface area contributed by atoms with E-state index in [0.717, 1.165) is 24.7 Å². The predicted octanol–water partition coefficient (Wildman–Crippen LogP) is 1.71. The van der Waals surface area contributed by atoms with Crippen molar-refractivity contribution in [1.82, 2.24) is 0 Å². The molecule has 0 saturated carbocycles. The molecule has 0 amide bonds. The Balaban J connectivity index is 2.00. The summed E-state index contributed by atoms with van der Waals surface area (Å²) in [6.45, 7) is 7.70. The Bertz CT molecular complexity index is 480. The second-order valence-corrected chi connectivity index (χ2v) is 6.02. The summed E-state index contributed by atoms with van der Waals surface area (Å²) in [7, 11) is 0. The molecule has 3 rings (SSSR count). The molecule has 2 N–H and O–H groups in total. The van der Waals surface area contributed by atoms with E-state index in [4.69, 9.17) is 19.9 Å². The highest BCUT2D eigenvalue weighted by molar-refractivity contribution is 5.47. The quantitative estimate of drug-likeness (QED) is 0.902. The third-order valence-corrected chi connectivity index (χ3v) is 4.60. The molecule has 0 radical (unpaired) electrons. The number of nitrogens with two attached hydrogens (primary N) is 1. The second kappa shape index (κ2) is 4.39. The van der Waals surface area contributed by atoms with Crippen molar-refractivity contribution in [3.8, 4) is 11.5 Å². The number of hydrogen-bond donors (Lipinski definition) is 1. The lowest BCUT2D eigenvalue weighted by Gasteiger charge is -2.52. The second-order valence-electron chi connectivity index (χ2n) is 6.02. The highest BCUT2D eigenvalue weighted by atomic mass is 16.6. The standard InChI is InChI=1S/C15H21NO3/c1-14(2,8-16)15(9-17-10-15)11-3-4-12-13(7-11)19-6-5-18-12/h3-4,7H,5-6,8-10,16H2,1-2H3. The first-order valence-electron chi connectivity index (χ1n) is 6.77. The van der Waals surface area contributed by atoms with E-state index >= 15 is 0 Å². The third kappa shape index (κ3) is 1.82. The Morgan fingerprint density at radius 3 is 2.42 bits per heavy atom. The first-order chi connectivity index (χ1) is 9.09. The maximum absolute atomic E-state index is 5.97. The minimum absolute atomic E-state index is 0.00495. The van der Waals surface area contributed by atoms with E-state index in [1.54, 1.807) is 0 Å². The summed E-state index contributed by atoms with van der Waals surface area (Å²) in [5.74, 6) is 1.67. The molecule has 104 valence electrons. The van der Waals surface area contributed by atoms with Gasteiger partial charge < -0.3 is 19.9 Å². The molecule has 0 aromatic heterocycles. The molecule has 2 aliphatic rings. The Kier molecular flexibility index (Phi) is 2.95. The summed E-state index contributed by atoms with van der Waals surface area (Å²) in [5, 5.41) is 0. The van der Waals surface area contributed by atoms with E-state index in [9.17, 15) is 0 Å². The van der Waals surface area contributed by atoms with E-state index in [2.05, 4.69) is 26.0 Å². The van der Waals surface area contributed by atoms with Crippen molar-refractivity contribution in [3.63, 3.8) is 0 Å². The Morgan fingerprint density at radius 2 is 1.84 bits per heavy atom. The molecule has 0 spiro atoms. The largest absolute Gasteiger partial charge is 0.486 e. The van der Waals surface area contributed by atoms with E-state index in [1.807, 2.05) is 6.07 Å². The Labute approximate surface area is 113 Å². The van der Waals surface area contributed by atoms with Crippen LogP contribution in [-0.4, -0.2) is 33.0 Å². The number of fused-ring (bicyclic) bond motifs is 1. The molecular formula is C15H21NO3. The van der Waals surface area contributed by atoms with Crippen LogP contribution in [-0.2, 0) is 10.2 Å². The van der Waals surface area contributed by atoms with Crippen LogP contribution in [0.5, 0.6) is 11.5 Å². The van der Waals surface area contributed by atoms with Gasteiger partial charge in [0, 0.05) is 5.41 Å². The van der Waals surface area contributed by atoms with E-state index in [-0.39, 0.29) is 10.8 Å². The molecule has 0 aliphatic carbocycles. The summed E-state index contributed by atoms with van der Waals surface area (Å²) in [6, 6.07) is 6.21. The van der Waals surface area contributed by atoms with Crippen molar-refractivity contribution < 1.29 is 14.2 Å². The molecule has 0 atom stereocenters. The van der Waals surface area contributed by atoms with Crippen LogP contribution in [0, 0.1) is 5.41 Å². The monoisotopic (exact) mass is 263 g/mol. The highest BCUT2D eigenvalue weighted by Crippen LogP contribution is 2.48. The number of benzene rings is 1. The van der Waals surface area contributed by atoms with Crippen LogP contribution in [0.3, 0.4) is 0 Å². The summed E-state index contributed by atoms with van der Waals surface area (Å²) in [4.78, 5) is 0. The molecule has 0 bridgehead atoms. The molecule has 1 fully saturated rings. The van der Waals surface area contributed by atoms with Gasteiger partial charge in [-0.25, -0.2) is 0 Å². The van der Waals surface area contributed by atoms with E-state index in [1.165, 1.54) is 5.56 Å². The third-order valence-electron chi connectivity index (χ3n) is 4.60. The average molecular weight is 263 g/mol. The molecule has 1 saturated heterocycles. The van der Waals surface area contributed by atoms with Crippen molar-refractivity contribution in [2.45, 2.75) is 19.3 Å². The minimum atomic E-state index is -0.0163. The van der Waals surface area contributed by atoms with Crippen LogP contribution in [0.1, 0.15) is 19.4 Å². The van der Waals surface area contributed by atoms with Crippen LogP contribution < -0.4 is 15.2 Å². The van der Waals surface area contributed by atoms with Gasteiger partial charge in [0.1, 0.15) is 13.2 Å². The van der Waals surface area contributed by atoms with Gasteiger partial charge in [0.15, 0.2) is 11.5 Å². The van der Waals surface area contributed by atoms with Crippen LogP contribution in [0.2, 0.25) is 0 Å². The topological polar surface area (TPSA) is 53.7 Å². The molecule has 1 aromatic carbocycles. The molecule has 2 heterocycles. The molecule has 4 heteroatoms. The van der Waals surface area contributed by atoms with Gasteiger partial charge >= 0.3 is 0 Å². The first kappa shape index (κ1) is 12.8. The van der Waals surface area contributed by atoms with Gasteiger partial charge in [0.05, 0.1) is 13.2 Å². The number of rotatable bonds is 3. The zero-order valence-corrected chi connectivity index (χ0v) is 11.6. The molecular weight excluding hydrogens is 242 g/mol. The molecule has 1 aromatic rings. The molecule has 2 aliphatic heterocycles. The zero-order chi connectivity index (χ0) is 13.5. The van der Waals surface area contributed by atoms with Gasteiger partial charge in [-0.15, -0.1) is 0 Å². The lowest BCUT2D eigenvalue weighted by atomic mass is 9.60. The predicted molar refractivity (Wildman–Crippen MR) is 72.8 cm³/mol. The fourth-order valence-electron chi connectivity index (χ4n) is 2.79. The van der Waals surface area contributed by atoms with Crippen LogP contribution in [0.15, 0.2) is 18.2 Å². The lowest BCUT2D eigenvalue weighted by molar-refractivity contribution is -0.116. The highest BCUT2D eigenvalue weighted by Gasteiger charge is 2.51.